The minimum atomic E-state index is -4.58. The van der Waals surface area contributed by atoms with Gasteiger partial charge in [0.2, 0.25) is 11.9 Å². The molecule has 0 spiro atoms. The third kappa shape index (κ3) is 5.07. The SMILES string of the molecule is CC(=O)N1CCN(c2nc(N[C@H](C)c3ccc(Cl)c(C(F)(F)F)c3)c3c(n2)C(=O)N(C(C)C)C3)CC1. The standard InChI is InChI=1S/C24H28ClF3N6O2/c1-13(2)34-12-17-20(22(34)36)30-23(33-9-7-32(8-10-33)15(4)35)31-21(17)29-14(3)16-5-6-19(25)18(11-16)24(26,27)28/h5-6,11,13-14H,7-10,12H2,1-4H3,(H,29,30,31)/t14-/m1/s1. The number of halogens is 4. The zero-order chi connectivity index (χ0) is 26.4. The Kier molecular flexibility index (Phi) is 7.05. The summed E-state index contributed by atoms with van der Waals surface area (Å²) in [5.41, 5.74) is 0.357. The van der Waals surface area contributed by atoms with Crippen LogP contribution in [-0.4, -0.2) is 63.8 Å². The van der Waals surface area contributed by atoms with Crippen molar-refractivity contribution in [3.8, 4) is 0 Å². The zero-order valence-electron chi connectivity index (χ0n) is 20.5. The summed E-state index contributed by atoms with van der Waals surface area (Å²) < 4.78 is 40.2. The first-order valence-electron chi connectivity index (χ1n) is 11.7. The third-order valence-electron chi connectivity index (χ3n) is 6.57. The van der Waals surface area contributed by atoms with Crippen LogP contribution in [0.5, 0.6) is 0 Å². The summed E-state index contributed by atoms with van der Waals surface area (Å²) in [6.45, 7) is 9.36. The second kappa shape index (κ2) is 9.76. The Morgan fingerprint density at radius 3 is 2.36 bits per heavy atom. The molecule has 0 saturated carbocycles. The van der Waals surface area contributed by atoms with E-state index in [1.54, 1.807) is 16.7 Å². The molecule has 1 saturated heterocycles. The van der Waals surface area contributed by atoms with Gasteiger partial charge in [0, 0.05) is 50.7 Å². The zero-order valence-corrected chi connectivity index (χ0v) is 21.2. The number of aromatic nitrogens is 2. The topological polar surface area (TPSA) is 81.7 Å². The van der Waals surface area contributed by atoms with Crippen molar-refractivity contribution in [3.63, 3.8) is 0 Å². The molecule has 194 valence electrons. The van der Waals surface area contributed by atoms with Crippen LogP contribution in [0.4, 0.5) is 24.9 Å². The van der Waals surface area contributed by atoms with Crippen LogP contribution in [0.1, 0.15) is 60.9 Å². The van der Waals surface area contributed by atoms with E-state index in [9.17, 15) is 22.8 Å². The van der Waals surface area contributed by atoms with Gasteiger partial charge in [0.25, 0.3) is 5.91 Å². The van der Waals surface area contributed by atoms with Crippen LogP contribution < -0.4 is 10.2 Å². The lowest BCUT2D eigenvalue weighted by molar-refractivity contribution is -0.137. The lowest BCUT2D eigenvalue weighted by Crippen LogP contribution is -2.48. The van der Waals surface area contributed by atoms with Crippen LogP contribution in [0, 0.1) is 0 Å². The summed E-state index contributed by atoms with van der Waals surface area (Å²) in [7, 11) is 0. The monoisotopic (exact) mass is 524 g/mol. The number of nitrogens with zero attached hydrogens (tertiary/aromatic N) is 5. The maximum Gasteiger partial charge on any atom is 0.417 e. The number of piperazine rings is 1. The van der Waals surface area contributed by atoms with Gasteiger partial charge in [-0.3, -0.25) is 9.59 Å². The molecule has 1 fully saturated rings. The number of anilines is 2. The molecule has 2 amide bonds. The summed E-state index contributed by atoms with van der Waals surface area (Å²) in [5, 5.41) is 2.84. The summed E-state index contributed by atoms with van der Waals surface area (Å²) in [6, 6.07) is 3.16. The van der Waals surface area contributed by atoms with Crippen molar-refractivity contribution in [3.05, 3.63) is 45.6 Å². The number of nitrogens with one attached hydrogen (secondary N) is 1. The first kappa shape index (κ1) is 26.0. The van der Waals surface area contributed by atoms with Crippen molar-refractivity contribution in [2.24, 2.45) is 0 Å². The Hall–Kier alpha value is -3.08. The average molecular weight is 525 g/mol. The van der Waals surface area contributed by atoms with E-state index >= 15 is 0 Å². The van der Waals surface area contributed by atoms with Gasteiger partial charge >= 0.3 is 6.18 Å². The van der Waals surface area contributed by atoms with E-state index in [0.29, 0.717) is 55.6 Å². The second-order valence-corrected chi connectivity index (χ2v) is 9.73. The first-order chi connectivity index (χ1) is 16.9. The molecule has 0 bridgehead atoms. The van der Waals surface area contributed by atoms with Crippen molar-refractivity contribution >= 4 is 35.2 Å². The maximum absolute atomic E-state index is 13.4. The minimum absolute atomic E-state index is 0.00959. The van der Waals surface area contributed by atoms with E-state index in [0.717, 1.165) is 6.07 Å². The number of fused-ring (bicyclic) bond motifs is 1. The molecule has 3 heterocycles. The van der Waals surface area contributed by atoms with Crippen molar-refractivity contribution < 1.29 is 22.8 Å². The number of amides is 2. The number of carbonyl (C=O) groups excluding carboxylic acids is 2. The number of rotatable bonds is 5. The van der Waals surface area contributed by atoms with Gasteiger partial charge in [-0.15, -0.1) is 0 Å². The highest BCUT2D eigenvalue weighted by atomic mass is 35.5. The summed E-state index contributed by atoms with van der Waals surface area (Å²) in [6.07, 6.45) is -4.58. The van der Waals surface area contributed by atoms with Crippen molar-refractivity contribution in [2.45, 2.75) is 52.5 Å². The number of carbonyl (C=O) groups is 2. The normalized spacial score (nSPS) is 17.0. The Balaban J connectivity index is 1.68. The van der Waals surface area contributed by atoms with Gasteiger partial charge in [-0.25, -0.2) is 4.98 Å². The quantitative estimate of drug-likeness (QED) is 0.626. The van der Waals surface area contributed by atoms with Gasteiger partial charge in [0.1, 0.15) is 11.5 Å². The molecule has 1 aromatic carbocycles. The summed E-state index contributed by atoms with van der Waals surface area (Å²) in [5.74, 6) is 0.520. The predicted molar refractivity (Wildman–Crippen MR) is 130 cm³/mol. The third-order valence-corrected chi connectivity index (χ3v) is 6.90. The Bertz CT molecular complexity index is 1180. The largest absolute Gasteiger partial charge is 0.417 e. The number of alkyl halides is 3. The van der Waals surface area contributed by atoms with Crippen LogP contribution in [0.3, 0.4) is 0 Å². The highest BCUT2D eigenvalue weighted by Gasteiger charge is 2.36. The lowest BCUT2D eigenvalue weighted by Gasteiger charge is -2.34. The summed E-state index contributed by atoms with van der Waals surface area (Å²) >= 11 is 5.79. The second-order valence-electron chi connectivity index (χ2n) is 9.32. The Labute approximate surface area is 212 Å². The van der Waals surface area contributed by atoms with E-state index in [1.807, 2.05) is 18.7 Å². The molecule has 4 rings (SSSR count). The molecule has 1 aromatic heterocycles. The van der Waals surface area contributed by atoms with Crippen molar-refractivity contribution in [1.29, 1.82) is 0 Å². The molecule has 1 atom stereocenters. The van der Waals surface area contributed by atoms with Crippen LogP contribution >= 0.6 is 11.6 Å². The van der Waals surface area contributed by atoms with Gasteiger partial charge in [-0.1, -0.05) is 17.7 Å². The lowest BCUT2D eigenvalue weighted by atomic mass is 10.0. The van der Waals surface area contributed by atoms with Crippen LogP contribution in [0.15, 0.2) is 18.2 Å². The predicted octanol–water partition coefficient (Wildman–Crippen LogP) is 4.35. The smallest absolute Gasteiger partial charge is 0.363 e. The molecule has 2 aliphatic rings. The first-order valence-corrected chi connectivity index (χ1v) is 12.1. The van der Waals surface area contributed by atoms with Gasteiger partial charge in [0.05, 0.1) is 17.1 Å². The summed E-state index contributed by atoms with van der Waals surface area (Å²) in [4.78, 5) is 39.4. The van der Waals surface area contributed by atoms with E-state index in [4.69, 9.17) is 16.6 Å². The number of hydrogen-bond donors (Lipinski definition) is 1. The highest BCUT2D eigenvalue weighted by Crippen LogP contribution is 2.37. The fourth-order valence-electron chi connectivity index (χ4n) is 4.39. The molecule has 1 N–H and O–H groups in total. The van der Waals surface area contributed by atoms with Crippen LogP contribution in [-0.2, 0) is 17.5 Å². The molecular weight excluding hydrogens is 497 g/mol. The maximum atomic E-state index is 13.4. The van der Waals surface area contributed by atoms with Gasteiger partial charge in [-0.2, -0.15) is 18.2 Å². The molecule has 0 radical (unpaired) electrons. The van der Waals surface area contributed by atoms with E-state index < -0.39 is 17.8 Å². The van der Waals surface area contributed by atoms with Gasteiger partial charge < -0.3 is 20.0 Å². The fraction of sp³-hybridized carbons (Fsp3) is 0.500. The highest BCUT2D eigenvalue weighted by molar-refractivity contribution is 6.31. The van der Waals surface area contributed by atoms with E-state index in [1.165, 1.54) is 19.1 Å². The molecule has 12 heteroatoms. The molecule has 36 heavy (non-hydrogen) atoms. The van der Waals surface area contributed by atoms with Gasteiger partial charge in [0.15, 0.2) is 0 Å². The number of benzene rings is 1. The molecule has 2 aromatic rings. The molecule has 2 aliphatic heterocycles. The Morgan fingerprint density at radius 1 is 1.11 bits per heavy atom. The van der Waals surface area contributed by atoms with Crippen molar-refractivity contribution in [1.82, 2.24) is 19.8 Å². The van der Waals surface area contributed by atoms with E-state index in [-0.39, 0.29) is 28.6 Å². The molecule has 8 nitrogen and oxygen atoms in total. The van der Waals surface area contributed by atoms with Crippen LogP contribution in [0.2, 0.25) is 5.02 Å². The van der Waals surface area contributed by atoms with E-state index in [2.05, 4.69) is 10.3 Å². The van der Waals surface area contributed by atoms with Crippen molar-refractivity contribution in [2.75, 3.05) is 36.4 Å². The molecular formula is C24H28ClF3N6O2. The molecule has 0 aliphatic carbocycles. The molecule has 0 unspecified atom stereocenters. The van der Waals surface area contributed by atoms with Gasteiger partial charge in [-0.05, 0) is 38.5 Å². The average Bonchev–Trinajstić information content (AvgIpc) is 3.15. The van der Waals surface area contributed by atoms with Crippen LogP contribution in [0.25, 0.3) is 0 Å². The fourth-order valence-corrected chi connectivity index (χ4v) is 4.62. The Morgan fingerprint density at radius 2 is 1.78 bits per heavy atom. The minimum Gasteiger partial charge on any atom is -0.363 e. The number of hydrogen-bond acceptors (Lipinski definition) is 6.